The number of carbonyl (C=O) groups is 1. The van der Waals surface area contributed by atoms with Gasteiger partial charge in [-0.2, -0.15) is 0 Å². The number of amides is 2. The number of nitrogens with zero attached hydrogens (tertiary/aromatic N) is 2. The predicted molar refractivity (Wildman–Crippen MR) is 95.6 cm³/mol. The van der Waals surface area contributed by atoms with Gasteiger partial charge in [0.1, 0.15) is 5.01 Å². The summed E-state index contributed by atoms with van der Waals surface area (Å²) in [6.07, 6.45) is 3.44. The van der Waals surface area contributed by atoms with Crippen LogP contribution in [-0.2, 0) is 6.54 Å². The predicted octanol–water partition coefficient (Wildman–Crippen LogP) is 3.77. The van der Waals surface area contributed by atoms with Crippen molar-refractivity contribution in [1.29, 1.82) is 0 Å². The largest absolute Gasteiger partial charge is 0.334 e. The normalized spacial score (nSPS) is 11.7. The number of carbonyl (C=O) groups excluding carboxylic acids is 1. The first-order valence-electron chi connectivity index (χ1n) is 7.66. The Morgan fingerprint density at radius 1 is 1.21 bits per heavy atom. The van der Waals surface area contributed by atoms with Crippen molar-refractivity contribution in [2.45, 2.75) is 19.5 Å². The Kier molecular flexibility index (Phi) is 5.18. The zero-order valence-electron chi connectivity index (χ0n) is 13.3. The minimum atomic E-state index is -0.220. The van der Waals surface area contributed by atoms with E-state index in [4.69, 9.17) is 0 Å². The number of hydrogen-bond acceptors (Lipinski definition) is 4. The number of hydrogen-bond donors (Lipinski definition) is 2. The van der Waals surface area contributed by atoms with Crippen molar-refractivity contribution in [2.75, 3.05) is 0 Å². The molecule has 2 N–H and O–H groups in total. The molecular weight excluding hydrogens is 320 g/mol. The van der Waals surface area contributed by atoms with Crippen LogP contribution in [0.1, 0.15) is 23.5 Å². The minimum absolute atomic E-state index is 0.152. The molecule has 3 aromatic rings. The van der Waals surface area contributed by atoms with Crippen LogP contribution in [0.15, 0.2) is 60.2 Å². The number of aromatic nitrogens is 2. The lowest BCUT2D eigenvalue weighted by molar-refractivity contribution is 0.237. The van der Waals surface area contributed by atoms with Crippen LogP contribution in [0.25, 0.3) is 11.3 Å². The Morgan fingerprint density at radius 3 is 2.79 bits per heavy atom. The van der Waals surface area contributed by atoms with Crippen LogP contribution >= 0.6 is 11.3 Å². The van der Waals surface area contributed by atoms with Crippen LogP contribution in [-0.4, -0.2) is 16.0 Å². The van der Waals surface area contributed by atoms with Gasteiger partial charge in [0.05, 0.1) is 11.7 Å². The lowest BCUT2D eigenvalue weighted by Gasteiger charge is -2.12. The van der Waals surface area contributed by atoms with Gasteiger partial charge >= 0.3 is 6.03 Å². The number of rotatable bonds is 5. The quantitative estimate of drug-likeness (QED) is 0.744. The fourth-order valence-corrected chi connectivity index (χ4v) is 3.06. The highest BCUT2D eigenvalue weighted by Crippen LogP contribution is 2.25. The van der Waals surface area contributed by atoms with Gasteiger partial charge in [-0.25, -0.2) is 9.78 Å². The Hall–Kier alpha value is -2.73. The van der Waals surface area contributed by atoms with E-state index < -0.39 is 0 Å². The Labute approximate surface area is 144 Å². The topological polar surface area (TPSA) is 66.9 Å². The van der Waals surface area contributed by atoms with Gasteiger partial charge < -0.3 is 10.6 Å². The standard InChI is InChI=1S/C18H18N4OS/c1-13(21-18(23)20-11-14-6-5-9-19-10-14)17-22-16(12-24-17)15-7-3-2-4-8-15/h2-10,12-13H,11H2,1H3,(H2,20,21,23). The molecule has 122 valence electrons. The molecule has 0 saturated heterocycles. The van der Waals surface area contributed by atoms with E-state index >= 15 is 0 Å². The van der Waals surface area contributed by atoms with Gasteiger partial charge in [0.25, 0.3) is 0 Å². The van der Waals surface area contributed by atoms with Crippen molar-refractivity contribution in [1.82, 2.24) is 20.6 Å². The van der Waals surface area contributed by atoms with E-state index in [1.165, 1.54) is 0 Å². The Balaban J connectivity index is 1.56. The average Bonchev–Trinajstić information content (AvgIpc) is 3.12. The maximum Gasteiger partial charge on any atom is 0.315 e. The molecule has 0 bridgehead atoms. The molecule has 0 aliphatic carbocycles. The zero-order valence-corrected chi connectivity index (χ0v) is 14.1. The average molecular weight is 338 g/mol. The number of benzene rings is 1. The first-order valence-corrected chi connectivity index (χ1v) is 8.54. The first-order chi connectivity index (χ1) is 11.7. The number of pyridine rings is 1. The molecule has 2 heterocycles. The van der Waals surface area contributed by atoms with E-state index in [2.05, 4.69) is 20.6 Å². The smallest absolute Gasteiger partial charge is 0.315 e. The van der Waals surface area contributed by atoms with E-state index in [-0.39, 0.29) is 12.1 Å². The van der Waals surface area contributed by atoms with E-state index in [0.29, 0.717) is 6.54 Å². The summed E-state index contributed by atoms with van der Waals surface area (Å²) in [6, 6.07) is 13.4. The summed E-state index contributed by atoms with van der Waals surface area (Å²) in [6.45, 7) is 2.37. The fourth-order valence-electron chi connectivity index (χ4n) is 2.22. The molecule has 1 unspecified atom stereocenters. The Morgan fingerprint density at radius 2 is 2.04 bits per heavy atom. The number of thiazole rings is 1. The van der Waals surface area contributed by atoms with Gasteiger partial charge in [-0.05, 0) is 18.6 Å². The second-order valence-electron chi connectivity index (χ2n) is 5.35. The van der Waals surface area contributed by atoms with Crippen molar-refractivity contribution in [3.8, 4) is 11.3 Å². The maximum absolute atomic E-state index is 12.0. The molecule has 1 aromatic carbocycles. The van der Waals surface area contributed by atoms with Crippen LogP contribution in [0.2, 0.25) is 0 Å². The second kappa shape index (κ2) is 7.70. The highest BCUT2D eigenvalue weighted by molar-refractivity contribution is 7.10. The summed E-state index contributed by atoms with van der Waals surface area (Å²) in [4.78, 5) is 20.7. The first kappa shape index (κ1) is 16.1. The maximum atomic E-state index is 12.0. The molecule has 6 heteroatoms. The van der Waals surface area contributed by atoms with Crippen LogP contribution in [0.4, 0.5) is 4.79 Å². The van der Waals surface area contributed by atoms with Crippen molar-refractivity contribution in [3.05, 3.63) is 70.8 Å². The van der Waals surface area contributed by atoms with E-state index in [1.807, 2.05) is 54.8 Å². The monoisotopic (exact) mass is 338 g/mol. The van der Waals surface area contributed by atoms with Gasteiger partial charge in [-0.3, -0.25) is 4.98 Å². The summed E-state index contributed by atoms with van der Waals surface area (Å²) in [5.41, 5.74) is 2.97. The summed E-state index contributed by atoms with van der Waals surface area (Å²) in [5, 5.41) is 8.62. The van der Waals surface area contributed by atoms with Gasteiger partial charge in [-0.1, -0.05) is 36.4 Å². The molecule has 3 rings (SSSR count). The van der Waals surface area contributed by atoms with Gasteiger partial charge in [-0.15, -0.1) is 11.3 Å². The van der Waals surface area contributed by atoms with Crippen molar-refractivity contribution in [3.63, 3.8) is 0 Å². The highest BCUT2D eigenvalue weighted by atomic mass is 32.1. The van der Waals surface area contributed by atoms with Crippen LogP contribution < -0.4 is 10.6 Å². The summed E-state index contributed by atoms with van der Waals surface area (Å²) < 4.78 is 0. The second-order valence-corrected chi connectivity index (χ2v) is 6.24. The lowest BCUT2D eigenvalue weighted by Crippen LogP contribution is -2.36. The third-order valence-corrected chi connectivity index (χ3v) is 4.51. The molecule has 2 amide bonds. The fraction of sp³-hybridized carbons (Fsp3) is 0.167. The van der Waals surface area contributed by atoms with Gasteiger partial charge in [0.15, 0.2) is 0 Å². The van der Waals surface area contributed by atoms with E-state index in [9.17, 15) is 4.79 Å². The highest BCUT2D eigenvalue weighted by Gasteiger charge is 2.13. The third-order valence-electron chi connectivity index (χ3n) is 3.49. The van der Waals surface area contributed by atoms with E-state index in [1.54, 1.807) is 23.7 Å². The van der Waals surface area contributed by atoms with Crippen LogP contribution in [0.3, 0.4) is 0 Å². The molecule has 0 saturated carbocycles. The molecule has 2 aromatic heterocycles. The van der Waals surface area contributed by atoms with E-state index in [0.717, 1.165) is 21.8 Å². The van der Waals surface area contributed by atoms with Crippen molar-refractivity contribution >= 4 is 17.4 Å². The van der Waals surface area contributed by atoms with Gasteiger partial charge in [0.2, 0.25) is 0 Å². The van der Waals surface area contributed by atoms with Crippen LogP contribution in [0, 0.1) is 0 Å². The molecule has 0 radical (unpaired) electrons. The summed E-state index contributed by atoms with van der Waals surface area (Å²) in [5.74, 6) is 0. The molecular formula is C18H18N4OS. The summed E-state index contributed by atoms with van der Waals surface area (Å²) in [7, 11) is 0. The summed E-state index contributed by atoms with van der Waals surface area (Å²) >= 11 is 1.55. The molecule has 0 aliphatic heterocycles. The molecule has 0 aliphatic rings. The molecule has 1 atom stereocenters. The molecule has 0 fully saturated rings. The Bertz CT molecular complexity index is 789. The molecule has 0 spiro atoms. The third kappa shape index (κ3) is 4.17. The van der Waals surface area contributed by atoms with Crippen molar-refractivity contribution < 1.29 is 4.79 Å². The zero-order chi connectivity index (χ0) is 16.8. The minimum Gasteiger partial charge on any atom is -0.334 e. The molecule has 24 heavy (non-hydrogen) atoms. The molecule has 5 nitrogen and oxygen atoms in total. The lowest BCUT2D eigenvalue weighted by atomic mass is 10.2. The van der Waals surface area contributed by atoms with Crippen molar-refractivity contribution in [2.24, 2.45) is 0 Å². The van der Waals surface area contributed by atoms with Gasteiger partial charge in [0, 0.05) is 29.9 Å². The SMILES string of the molecule is CC(NC(=O)NCc1cccnc1)c1nc(-c2ccccc2)cs1. The number of nitrogens with one attached hydrogen (secondary N) is 2. The van der Waals surface area contributed by atoms with Crippen LogP contribution in [0.5, 0.6) is 0 Å². The number of urea groups is 1.